The van der Waals surface area contributed by atoms with Gasteiger partial charge in [0.25, 0.3) is 0 Å². The number of aliphatic hydroxyl groups is 1. The summed E-state index contributed by atoms with van der Waals surface area (Å²) in [5.74, 6) is 0. The minimum Gasteiger partial charge on any atom is -0.388 e. The van der Waals surface area contributed by atoms with Crippen molar-refractivity contribution in [1.82, 2.24) is 9.38 Å². The quantitative estimate of drug-likeness (QED) is 0.586. The number of aryl methyl sites for hydroxylation is 1. The summed E-state index contributed by atoms with van der Waals surface area (Å²) in [5, 5.41) is 21.9. The van der Waals surface area contributed by atoms with E-state index < -0.39 is 6.10 Å². The fraction of sp³-hybridized carbons (Fsp3) is 0.200. The molecule has 0 aliphatic rings. The molecule has 0 fully saturated rings. The van der Waals surface area contributed by atoms with Crippen LogP contribution in [0.5, 0.6) is 0 Å². The fourth-order valence-electron chi connectivity index (χ4n) is 2.34. The number of rotatable bonds is 3. The number of hydrogen-bond donors (Lipinski definition) is 1. The summed E-state index contributed by atoms with van der Waals surface area (Å²) in [6.07, 6.45) is -0.531. The Morgan fingerprint density at radius 3 is 2.71 bits per heavy atom. The maximum absolute atomic E-state index is 9.83. The van der Waals surface area contributed by atoms with Gasteiger partial charge in [0, 0.05) is 23.0 Å². The zero-order chi connectivity index (χ0) is 15.0. The normalized spacial score (nSPS) is 12.5. The van der Waals surface area contributed by atoms with Gasteiger partial charge in [-0.25, -0.2) is 4.98 Å². The minimum absolute atomic E-state index is 0.531. The summed E-state index contributed by atoms with van der Waals surface area (Å²) in [7, 11) is 0. The number of benzene rings is 1. The molecule has 1 unspecified atom stereocenters. The van der Waals surface area contributed by atoms with Crippen molar-refractivity contribution < 1.29 is 5.11 Å². The summed E-state index contributed by atoms with van der Waals surface area (Å²) < 4.78 is 1.96. The average Bonchev–Trinajstić information content (AvgIpc) is 2.99. The molecule has 0 spiro atoms. The predicted octanol–water partition coefficient (Wildman–Crippen LogP) is 4.00. The minimum atomic E-state index is -0.531. The Morgan fingerprint density at radius 2 is 2.10 bits per heavy atom. The lowest BCUT2D eigenvalue weighted by Gasteiger charge is -2.04. The molecule has 0 saturated carbocycles. The van der Waals surface area contributed by atoms with Crippen molar-refractivity contribution in [2.75, 3.05) is 0 Å². The van der Waals surface area contributed by atoms with Crippen LogP contribution in [-0.2, 0) is 0 Å². The second-order valence-corrected chi connectivity index (χ2v) is 6.45. The molecule has 3 rings (SSSR count). The molecule has 0 saturated heterocycles. The summed E-state index contributed by atoms with van der Waals surface area (Å²) in [5.41, 5.74) is 2.75. The van der Waals surface area contributed by atoms with Gasteiger partial charge in [-0.3, -0.25) is 4.40 Å². The number of thiazole rings is 1. The number of imidazole rings is 1. The molecule has 0 aliphatic heterocycles. The summed E-state index contributed by atoms with van der Waals surface area (Å²) in [6.45, 7) is 3.69. The largest absolute Gasteiger partial charge is 0.388 e. The second kappa shape index (κ2) is 5.53. The van der Waals surface area contributed by atoms with Gasteiger partial charge in [-0.15, -0.1) is 0 Å². The Kier molecular flexibility index (Phi) is 3.72. The first kappa shape index (κ1) is 14.1. The third kappa shape index (κ3) is 2.33. The van der Waals surface area contributed by atoms with E-state index in [2.05, 4.69) is 10.4 Å². The number of thiocyanates is 1. The molecule has 2 heterocycles. The van der Waals surface area contributed by atoms with Crippen molar-refractivity contribution in [1.29, 1.82) is 5.26 Å². The van der Waals surface area contributed by atoms with Gasteiger partial charge in [-0.1, -0.05) is 41.7 Å². The lowest BCUT2D eigenvalue weighted by atomic mass is 10.2. The molecular weight excluding hydrogens is 302 g/mol. The van der Waals surface area contributed by atoms with Crippen molar-refractivity contribution in [2.24, 2.45) is 0 Å². The number of aliphatic hydroxyl groups excluding tert-OH is 1. The van der Waals surface area contributed by atoms with E-state index in [-0.39, 0.29) is 0 Å². The van der Waals surface area contributed by atoms with Gasteiger partial charge in [0.05, 0.1) is 11.0 Å². The van der Waals surface area contributed by atoms with Crippen LogP contribution in [-0.4, -0.2) is 14.5 Å². The molecule has 0 aliphatic carbocycles. The smallest absolute Gasteiger partial charge is 0.195 e. The average molecular weight is 315 g/mol. The molecular formula is C15H13N3OS2. The van der Waals surface area contributed by atoms with E-state index in [0.717, 1.165) is 43.6 Å². The number of fused-ring (bicyclic) bond motifs is 1. The Morgan fingerprint density at radius 1 is 1.38 bits per heavy atom. The second-order valence-electron chi connectivity index (χ2n) is 4.67. The molecule has 2 aromatic heterocycles. The third-order valence-electron chi connectivity index (χ3n) is 3.27. The van der Waals surface area contributed by atoms with Crippen LogP contribution < -0.4 is 0 Å². The van der Waals surface area contributed by atoms with Crippen LogP contribution >= 0.6 is 23.1 Å². The summed E-state index contributed by atoms with van der Waals surface area (Å²) >= 11 is 2.57. The van der Waals surface area contributed by atoms with Crippen LogP contribution in [0.3, 0.4) is 0 Å². The number of hydrogen-bond acceptors (Lipinski definition) is 5. The number of nitrogens with zero attached hydrogens (tertiary/aromatic N) is 3. The van der Waals surface area contributed by atoms with Gasteiger partial charge in [-0.2, -0.15) is 5.26 Å². The Hall–Kier alpha value is -1.81. The standard InChI is InChI=1S/C15H13N3OS2/c1-9-13(10(2)19)21-15-17-12(11-6-4-3-5-7-11)14(18(9)15)20-8-16/h3-7,10,19H,1-2H3. The highest BCUT2D eigenvalue weighted by molar-refractivity contribution is 8.03. The number of thioether (sulfide) groups is 1. The lowest BCUT2D eigenvalue weighted by Crippen LogP contribution is -1.94. The van der Waals surface area contributed by atoms with Crippen LogP contribution in [0.4, 0.5) is 0 Å². The highest BCUT2D eigenvalue weighted by Gasteiger charge is 2.21. The van der Waals surface area contributed by atoms with Crippen molar-refractivity contribution in [3.8, 4) is 16.7 Å². The Bertz CT molecular complexity index is 828. The van der Waals surface area contributed by atoms with Crippen LogP contribution in [0.25, 0.3) is 16.2 Å². The fourth-order valence-corrected chi connectivity index (χ4v) is 4.12. The Labute approximate surface area is 130 Å². The highest BCUT2D eigenvalue weighted by Crippen LogP contribution is 2.37. The van der Waals surface area contributed by atoms with Crippen LogP contribution in [0, 0.1) is 17.6 Å². The van der Waals surface area contributed by atoms with E-state index >= 15 is 0 Å². The van der Waals surface area contributed by atoms with Gasteiger partial charge in [0.2, 0.25) is 0 Å². The lowest BCUT2D eigenvalue weighted by molar-refractivity contribution is 0.202. The molecule has 0 amide bonds. The molecule has 3 aromatic rings. The first-order chi connectivity index (χ1) is 10.1. The SMILES string of the molecule is Cc1c(C(C)O)sc2nc(-c3ccccc3)c(SC#N)n12. The Balaban J connectivity index is 2.28. The summed E-state index contributed by atoms with van der Waals surface area (Å²) in [4.78, 5) is 6.36. The maximum atomic E-state index is 9.83. The number of nitriles is 1. The van der Waals surface area contributed by atoms with Gasteiger partial charge >= 0.3 is 0 Å². The topological polar surface area (TPSA) is 61.3 Å². The van der Waals surface area contributed by atoms with Crippen LogP contribution in [0.2, 0.25) is 0 Å². The van der Waals surface area contributed by atoms with Crippen molar-refractivity contribution in [3.05, 3.63) is 40.9 Å². The molecule has 1 atom stereocenters. The molecule has 0 radical (unpaired) electrons. The van der Waals surface area contributed by atoms with E-state index in [4.69, 9.17) is 5.26 Å². The highest BCUT2D eigenvalue weighted by atomic mass is 32.2. The number of aromatic nitrogens is 2. The zero-order valence-electron chi connectivity index (χ0n) is 11.6. The molecule has 21 heavy (non-hydrogen) atoms. The van der Waals surface area contributed by atoms with E-state index in [1.807, 2.05) is 41.7 Å². The van der Waals surface area contributed by atoms with E-state index in [9.17, 15) is 5.11 Å². The molecule has 106 valence electrons. The van der Waals surface area contributed by atoms with E-state index in [0.29, 0.717) is 0 Å². The van der Waals surface area contributed by atoms with Gasteiger partial charge in [0.1, 0.15) is 16.1 Å². The monoisotopic (exact) mass is 315 g/mol. The zero-order valence-corrected chi connectivity index (χ0v) is 13.2. The molecule has 6 heteroatoms. The first-order valence-corrected chi connectivity index (χ1v) is 8.08. The predicted molar refractivity (Wildman–Crippen MR) is 85.3 cm³/mol. The maximum Gasteiger partial charge on any atom is 0.195 e. The first-order valence-electron chi connectivity index (χ1n) is 6.44. The van der Waals surface area contributed by atoms with E-state index in [1.54, 1.807) is 6.92 Å². The van der Waals surface area contributed by atoms with Gasteiger partial charge in [0.15, 0.2) is 4.96 Å². The molecule has 0 bridgehead atoms. The van der Waals surface area contributed by atoms with Gasteiger partial charge in [-0.05, 0) is 13.8 Å². The third-order valence-corrected chi connectivity index (χ3v) is 5.24. The van der Waals surface area contributed by atoms with Crippen molar-refractivity contribution in [2.45, 2.75) is 25.0 Å². The molecule has 1 N–H and O–H groups in total. The van der Waals surface area contributed by atoms with Crippen molar-refractivity contribution >= 4 is 28.1 Å². The molecule has 1 aromatic carbocycles. The van der Waals surface area contributed by atoms with Crippen LogP contribution in [0.1, 0.15) is 23.6 Å². The summed E-state index contributed by atoms with van der Waals surface area (Å²) in [6, 6.07) is 9.84. The van der Waals surface area contributed by atoms with Crippen molar-refractivity contribution in [3.63, 3.8) is 0 Å². The van der Waals surface area contributed by atoms with Crippen LogP contribution in [0.15, 0.2) is 35.4 Å². The van der Waals surface area contributed by atoms with Gasteiger partial charge < -0.3 is 5.11 Å². The van der Waals surface area contributed by atoms with E-state index in [1.165, 1.54) is 11.3 Å². The molecule has 4 nitrogen and oxygen atoms in total.